The van der Waals surface area contributed by atoms with E-state index in [-0.39, 0.29) is 17.4 Å². The summed E-state index contributed by atoms with van der Waals surface area (Å²) < 4.78 is 13.0. The van der Waals surface area contributed by atoms with Gasteiger partial charge in [-0.3, -0.25) is 9.36 Å². The van der Waals surface area contributed by atoms with Crippen LogP contribution in [0.3, 0.4) is 0 Å². The van der Waals surface area contributed by atoms with E-state index in [0.29, 0.717) is 38.5 Å². The van der Waals surface area contributed by atoms with E-state index in [1.165, 1.54) is 15.9 Å². The van der Waals surface area contributed by atoms with Crippen LogP contribution in [-0.4, -0.2) is 28.4 Å². The number of phenolic OH excluding ortho intramolecular Hbond substituents is 1. The molecule has 0 saturated carbocycles. The molecule has 1 N–H and O–H groups in total. The number of rotatable bonds is 6. The second-order valence-corrected chi connectivity index (χ2v) is 9.11. The summed E-state index contributed by atoms with van der Waals surface area (Å²) in [5.74, 6) is 0.268. The van der Waals surface area contributed by atoms with Gasteiger partial charge in [0.25, 0.3) is 5.56 Å². The van der Waals surface area contributed by atoms with Crippen molar-refractivity contribution in [2.75, 3.05) is 6.61 Å². The van der Waals surface area contributed by atoms with E-state index in [4.69, 9.17) is 9.47 Å². The molecule has 0 bridgehead atoms. The van der Waals surface area contributed by atoms with Crippen molar-refractivity contribution in [3.05, 3.63) is 90.6 Å². The number of allylic oxidation sites excluding steroid dienone is 1. The van der Waals surface area contributed by atoms with Gasteiger partial charge in [-0.15, -0.1) is 0 Å². The number of ether oxygens (including phenoxy) is 2. The second-order valence-electron chi connectivity index (χ2n) is 8.10. The number of aromatic nitrogens is 1. The van der Waals surface area contributed by atoms with Crippen molar-refractivity contribution in [3.63, 3.8) is 0 Å². The van der Waals surface area contributed by atoms with Gasteiger partial charge < -0.3 is 14.6 Å². The molecule has 1 aliphatic rings. The van der Waals surface area contributed by atoms with Crippen LogP contribution in [0, 0.1) is 0 Å². The predicted molar refractivity (Wildman–Crippen MR) is 131 cm³/mol. The summed E-state index contributed by atoms with van der Waals surface area (Å²) >= 11 is 1.21. The fourth-order valence-corrected chi connectivity index (χ4v) is 4.88. The first-order chi connectivity index (χ1) is 16.3. The lowest BCUT2D eigenvalue weighted by atomic mass is 9.96. The quantitative estimate of drug-likeness (QED) is 0.549. The summed E-state index contributed by atoms with van der Waals surface area (Å²) in [6, 6.07) is 13.4. The SMILES string of the molecule is CCOc1ccc([C@@H]2C(C(=O)OC(C)C)=C(C)N=c3s/c(=C/c4ccccc4O)c(=O)n32)cc1. The minimum absolute atomic E-state index is 0.0776. The van der Waals surface area contributed by atoms with E-state index < -0.39 is 12.0 Å². The number of nitrogens with zero attached hydrogens (tertiary/aromatic N) is 2. The summed E-state index contributed by atoms with van der Waals surface area (Å²) in [6.45, 7) is 7.75. The molecule has 8 heteroatoms. The third kappa shape index (κ3) is 4.54. The first-order valence-electron chi connectivity index (χ1n) is 11.0. The van der Waals surface area contributed by atoms with Gasteiger partial charge in [-0.1, -0.05) is 41.7 Å². The largest absolute Gasteiger partial charge is 0.507 e. The van der Waals surface area contributed by atoms with Gasteiger partial charge in [-0.25, -0.2) is 9.79 Å². The number of thiazole rings is 1. The van der Waals surface area contributed by atoms with Crippen LogP contribution in [0.4, 0.5) is 0 Å². The van der Waals surface area contributed by atoms with Gasteiger partial charge in [-0.05, 0) is 57.5 Å². The molecule has 2 heterocycles. The molecule has 7 nitrogen and oxygen atoms in total. The van der Waals surface area contributed by atoms with Crippen molar-refractivity contribution in [1.29, 1.82) is 0 Å². The Morgan fingerprint density at radius 1 is 1.21 bits per heavy atom. The minimum Gasteiger partial charge on any atom is -0.507 e. The van der Waals surface area contributed by atoms with Gasteiger partial charge in [0.05, 0.1) is 34.6 Å². The number of hydrogen-bond donors (Lipinski definition) is 1. The highest BCUT2D eigenvalue weighted by Gasteiger charge is 2.33. The average molecular weight is 479 g/mol. The highest BCUT2D eigenvalue weighted by molar-refractivity contribution is 7.07. The van der Waals surface area contributed by atoms with Crippen LogP contribution in [-0.2, 0) is 9.53 Å². The summed E-state index contributed by atoms with van der Waals surface area (Å²) in [6.07, 6.45) is 1.32. The van der Waals surface area contributed by atoms with E-state index in [2.05, 4.69) is 4.99 Å². The maximum atomic E-state index is 13.6. The number of carbonyl (C=O) groups is 1. The molecule has 3 aromatic rings. The lowest BCUT2D eigenvalue weighted by Crippen LogP contribution is -2.40. The number of phenols is 1. The molecule has 1 atom stereocenters. The van der Waals surface area contributed by atoms with Crippen molar-refractivity contribution in [1.82, 2.24) is 4.57 Å². The number of carbonyl (C=O) groups excluding carboxylic acids is 1. The van der Waals surface area contributed by atoms with E-state index in [1.807, 2.05) is 31.2 Å². The fourth-order valence-electron chi connectivity index (χ4n) is 3.84. The Bertz CT molecular complexity index is 1430. The summed E-state index contributed by atoms with van der Waals surface area (Å²) in [5.41, 5.74) is 1.79. The van der Waals surface area contributed by atoms with Crippen molar-refractivity contribution in [3.8, 4) is 11.5 Å². The smallest absolute Gasteiger partial charge is 0.338 e. The molecular weight excluding hydrogens is 452 g/mol. The van der Waals surface area contributed by atoms with E-state index >= 15 is 0 Å². The zero-order valence-corrected chi connectivity index (χ0v) is 20.3. The zero-order valence-electron chi connectivity index (χ0n) is 19.4. The summed E-state index contributed by atoms with van der Waals surface area (Å²) in [7, 11) is 0. The number of esters is 1. The standard InChI is InChI=1S/C26H26N2O5S/c1-5-32-19-12-10-17(11-13-19)23-22(25(31)33-15(2)3)16(4)27-26-28(23)24(30)21(34-26)14-18-8-6-7-9-20(18)29/h6-15,23,29H,5H2,1-4H3/b21-14+/t23-/m1/s1. The summed E-state index contributed by atoms with van der Waals surface area (Å²) in [5, 5.41) is 10.2. The Morgan fingerprint density at radius 3 is 2.56 bits per heavy atom. The number of aromatic hydroxyl groups is 1. The third-order valence-electron chi connectivity index (χ3n) is 5.31. The summed E-state index contributed by atoms with van der Waals surface area (Å²) in [4.78, 5) is 31.8. The van der Waals surface area contributed by atoms with Crippen molar-refractivity contribution < 1.29 is 19.4 Å². The number of benzene rings is 2. The monoisotopic (exact) mass is 478 g/mol. The maximum Gasteiger partial charge on any atom is 0.338 e. The molecule has 4 rings (SSSR count). The Morgan fingerprint density at radius 2 is 1.91 bits per heavy atom. The molecule has 0 unspecified atom stereocenters. The average Bonchev–Trinajstić information content (AvgIpc) is 3.09. The Balaban J connectivity index is 1.92. The first kappa shape index (κ1) is 23.5. The van der Waals surface area contributed by atoms with Crippen molar-refractivity contribution in [2.24, 2.45) is 4.99 Å². The molecule has 0 amide bonds. The number of para-hydroxylation sites is 1. The normalized spacial score (nSPS) is 15.8. The van der Waals surface area contributed by atoms with Gasteiger partial charge in [0, 0.05) is 5.56 Å². The molecule has 1 aliphatic heterocycles. The zero-order chi connectivity index (χ0) is 24.4. The van der Waals surface area contributed by atoms with E-state index in [0.717, 1.165) is 5.56 Å². The molecule has 1 aromatic heterocycles. The topological polar surface area (TPSA) is 90.1 Å². The van der Waals surface area contributed by atoms with E-state index in [9.17, 15) is 14.7 Å². The van der Waals surface area contributed by atoms with Gasteiger partial charge in [-0.2, -0.15) is 0 Å². The molecule has 34 heavy (non-hydrogen) atoms. The molecule has 2 aromatic carbocycles. The van der Waals surface area contributed by atoms with Gasteiger partial charge in [0.2, 0.25) is 0 Å². The first-order valence-corrected chi connectivity index (χ1v) is 11.9. The van der Waals surface area contributed by atoms with Crippen LogP contribution < -0.4 is 19.6 Å². The third-order valence-corrected chi connectivity index (χ3v) is 6.30. The molecule has 0 saturated heterocycles. The van der Waals surface area contributed by atoms with Crippen molar-refractivity contribution >= 4 is 23.4 Å². The molecule has 0 aliphatic carbocycles. The maximum absolute atomic E-state index is 13.6. The highest BCUT2D eigenvalue weighted by atomic mass is 32.1. The van der Waals surface area contributed by atoms with Crippen LogP contribution in [0.15, 0.2) is 69.6 Å². The number of hydrogen-bond acceptors (Lipinski definition) is 7. The number of fused-ring (bicyclic) bond motifs is 1. The van der Waals surface area contributed by atoms with Gasteiger partial charge in [0.15, 0.2) is 4.80 Å². The second kappa shape index (κ2) is 9.69. The van der Waals surface area contributed by atoms with Crippen molar-refractivity contribution in [2.45, 2.75) is 39.8 Å². The predicted octanol–water partition coefficient (Wildman–Crippen LogP) is 3.29. The highest BCUT2D eigenvalue weighted by Crippen LogP contribution is 2.32. The van der Waals surface area contributed by atoms with Gasteiger partial charge in [0.1, 0.15) is 11.5 Å². The van der Waals surface area contributed by atoms with Gasteiger partial charge >= 0.3 is 5.97 Å². The van der Waals surface area contributed by atoms with Crippen LogP contribution >= 0.6 is 11.3 Å². The van der Waals surface area contributed by atoms with E-state index in [1.54, 1.807) is 51.1 Å². The molecule has 0 spiro atoms. The minimum atomic E-state index is -0.704. The van der Waals surface area contributed by atoms with Crippen LogP contribution in [0.5, 0.6) is 11.5 Å². The fraction of sp³-hybridized carbons (Fsp3) is 0.269. The molecule has 0 fully saturated rings. The van der Waals surface area contributed by atoms with Crippen LogP contribution in [0.2, 0.25) is 0 Å². The Labute approximate surface area is 200 Å². The molecule has 0 radical (unpaired) electrons. The van der Waals surface area contributed by atoms with Crippen LogP contribution in [0.25, 0.3) is 6.08 Å². The lowest BCUT2D eigenvalue weighted by Gasteiger charge is -2.25. The lowest BCUT2D eigenvalue weighted by molar-refractivity contribution is -0.143. The van der Waals surface area contributed by atoms with Crippen LogP contribution in [0.1, 0.15) is 44.9 Å². The Kier molecular flexibility index (Phi) is 6.70. The molecule has 176 valence electrons. The molecular formula is C26H26N2O5S. The Hall–Kier alpha value is -3.65.